The zero-order valence-corrected chi connectivity index (χ0v) is 20.3. The molecule has 5 aromatic rings. The summed E-state index contributed by atoms with van der Waals surface area (Å²) in [6.07, 6.45) is 1.09. The number of nitrogens with one attached hydrogen (secondary N) is 1. The molecule has 0 bridgehead atoms. The van der Waals surface area contributed by atoms with Crippen LogP contribution in [0, 0.1) is 0 Å². The Morgan fingerprint density at radius 3 is 1.83 bits per heavy atom. The van der Waals surface area contributed by atoms with Crippen molar-refractivity contribution in [3.8, 4) is 11.1 Å². The predicted molar refractivity (Wildman–Crippen MR) is 143 cm³/mol. The number of carbonyl (C=O) groups is 1. The van der Waals surface area contributed by atoms with Crippen molar-refractivity contribution >= 4 is 32.6 Å². The average Bonchev–Trinajstić information content (AvgIpc) is 3.19. The number of fused-ring (bicyclic) bond motifs is 1. The normalized spacial score (nSPS) is 11.6. The fourth-order valence-electron chi connectivity index (χ4n) is 4.73. The number of aromatic carboxylic acids is 1. The molecular weight excluding hydrogens is 472 g/mol. The molecule has 0 aliphatic carbocycles. The fourth-order valence-corrected chi connectivity index (χ4v) is 5.28. The maximum atomic E-state index is 12.9. The average molecular weight is 497 g/mol. The smallest absolute Gasteiger partial charge is 0.353 e. The van der Waals surface area contributed by atoms with Crippen molar-refractivity contribution in [2.45, 2.75) is 6.04 Å². The van der Waals surface area contributed by atoms with Gasteiger partial charge in [-0.15, -0.1) is 0 Å². The number of carboxylic acid groups (broad SMARTS) is 1. The second kappa shape index (κ2) is 9.36. The summed E-state index contributed by atoms with van der Waals surface area (Å²) < 4.78 is 28.2. The molecule has 0 spiro atoms. The van der Waals surface area contributed by atoms with Crippen LogP contribution in [-0.4, -0.2) is 30.3 Å². The number of carboxylic acids is 1. The van der Waals surface area contributed by atoms with Gasteiger partial charge in [-0.05, 0) is 34.9 Å². The Balaban J connectivity index is 1.91. The molecule has 0 aliphatic rings. The van der Waals surface area contributed by atoms with E-state index in [-0.39, 0.29) is 5.69 Å². The van der Waals surface area contributed by atoms with E-state index in [0.29, 0.717) is 22.2 Å². The minimum absolute atomic E-state index is 0.130. The molecule has 0 atom stereocenters. The van der Waals surface area contributed by atoms with E-state index in [0.717, 1.165) is 22.9 Å². The molecule has 0 unspecified atom stereocenters. The molecule has 0 radical (unpaired) electrons. The Morgan fingerprint density at radius 2 is 1.33 bits per heavy atom. The number of sulfonamides is 1. The van der Waals surface area contributed by atoms with Crippen molar-refractivity contribution in [1.29, 1.82) is 0 Å². The number of rotatable bonds is 7. The first-order chi connectivity index (χ1) is 17.3. The Labute approximate surface area is 209 Å². The van der Waals surface area contributed by atoms with Crippen LogP contribution in [0.1, 0.15) is 27.7 Å². The number of nitrogens with zero attached hydrogens (tertiary/aromatic N) is 1. The molecule has 6 nitrogen and oxygen atoms in total. The van der Waals surface area contributed by atoms with Gasteiger partial charge in [-0.3, -0.25) is 4.72 Å². The van der Waals surface area contributed by atoms with Crippen molar-refractivity contribution in [3.05, 3.63) is 126 Å². The summed E-state index contributed by atoms with van der Waals surface area (Å²) in [6.45, 7) is 0. The molecule has 4 aromatic carbocycles. The second-order valence-corrected chi connectivity index (χ2v) is 10.3. The Morgan fingerprint density at radius 1 is 0.806 bits per heavy atom. The van der Waals surface area contributed by atoms with E-state index in [1.54, 1.807) is 18.2 Å². The molecule has 0 amide bonds. The summed E-state index contributed by atoms with van der Waals surface area (Å²) in [6, 6.07) is 33.5. The summed E-state index contributed by atoms with van der Waals surface area (Å²) in [5.41, 5.74) is 4.31. The molecule has 36 heavy (non-hydrogen) atoms. The van der Waals surface area contributed by atoms with Gasteiger partial charge in [0, 0.05) is 16.6 Å². The number of aromatic nitrogens is 1. The number of anilines is 1. The van der Waals surface area contributed by atoms with Crippen LogP contribution in [0.2, 0.25) is 0 Å². The first kappa shape index (κ1) is 23.4. The van der Waals surface area contributed by atoms with Gasteiger partial charge in [-0.25, -0.2) is 13.2 Å². The van der Waals surface area contributed by atoms with Crippen LogP contribution in [0.5, 0.6) is 0 Å². The van der Waals surface area contributed by atoms with Crippen molar-refractivity contribution < 1.29 is 18.3 Å². The lowest BCUT2D eigenvalue weighted by atomic mass is 9.97. The van der Waals surface area contributed by atoms with Gasteiger partial charge in [0.25, 0.3) is 0 Å². The van der Waals surface area contributed by atoms with Crippen LogP contribution in [0.25, 0.3) is 22.0 Å². The lowest BCUT2D eigenvalue weighted by molar-refractivity contribution is 0.0686. The molecule has 0 fully saturated rings. The van der Waals surface area contributed by atoms with E-state index in [1.165, 1.54) is 0 Å². The molecule has 0 saturated heterocycles. The van der Waals surface area contributed by atoms with E-state index in [4.69, 9.17) is 0 Å². The first-order valence-electron chi connectivity index (χ1n) is 11.4. The molecule has 1 heterocycles. The SMILES string of the molecule is CS(=O)(=O)Nc1ccc2c(c1)c(-c1ccccc1)c(C(=O)O)n2C(c1ccccc1)c1ccccc1. The molecule has 2 N–H and O–H groups in total. The third-order valence-electron chi connectivity index (χ3n) is 6.06. The van der Waals surface area contributed by atoms with Crippen LogP contribution in [0.4, 0.5) is 5.69 Å². The molecule has 180 valence electrons. The molecule has 1 aromatic heterocycles. The van der Waals surface area contributed by atoms with Crippen LogP contribution < -0.4 is 4.72 Å². The highest BCUT2D eigenvalue weighted by Crippen LogP contribution is 2.41. The van der Waals surface area contributed by atoms with E-state index in [1.807, 2.05) is 95.6 Å². The van der Waals surface area contributed by atoms with Gasteiger partial charge in [0.05, 0.1) is 17.8 Å². The zero-order chi connectivity index (χ0) is 25.3. The third kappa shape index (κ3) is 4.48. The molecule has 5 rings (SSSR count). The molecule has 7 heteroatoms. The standard InChI is InChI=1S/C29H24N2O4S/c1-36(34,35)30-23-17-18-25-24(19-23)26(20-11-5-2-6-12-20)28(29(32)33)31(25)27(21-13-7-3-8-14-21)22-15-9-4-10-16-22/h2-19,27,30H,1H3,(H,32,33). The summed E-state index contributed by atoms with van der Waals surface area (Å²) in [7, 11) is -3.52. The van der Waals surface area contributed by atoms with E-state index in [9.17, 15) is 18.3 Å². The Kier molecular flexibility index (Phi) is 6.08. The maximum Gasteiger partial charge on any atom is 0.353 e. The van der Waals surface area contributed by atoms with Gasteiger partial charge in [-0.1, -0.05) is 91.0 Å². The van der Waals surface area contributed by atoms with Gasteiger partial charge in [0.15, 0.2) is 0 Å². The largest absolute Gasteiger partial charge is 0.477 e. The minimum Gasteiger partial charge on any atom is -0.477 e. The van der Waals surface area contributed by atoms with Crippen molar-refractivity contribution in [3.63, 3.8) is 0 Å². The quantitative estimate of drug-likeness (QED) is 0.289. The van der Waals surface area contributed by atoms with Crippen LogP contribution >= 0.6 is 0 Å². The minimum atomic E-state index is -3.52. The highest BCUT2D eigenvalue weighted by molar-refractivity contribution is 7.92. The van der Waals surface area contributed by atoms with Gasteiger partial charge in [0.2, 0.25) is 10.0 Å². The monoisotopic (exact) mass is 496 g/mol. The Hall–Kier alpha value is -4.36. The van der Waals surface area contributed by atoms with Gasteiger partial charge in [0.1, 0.15) is 5.69 Å². The summed E-state index contributed by atoms with van der Waals surface area (Å²) in [4.78, 5) is 12.9. The number of hydrogen-bond donors (Lipinski definition) is 2. The zero-order valence-electron chi connectivity index (χ0n) is 19.5. The summed E-state index contributed by atoms with van der Waals surface area (Å²) in [5, 5.41) is 11.2. The van der Waals surface area contributed by atoms with E-state index in [2.05, 4.69) is 4.72 Å². The lowest BCUT2D eigenvalue weighted by Gasteiger charge is -2.23. The Bertz CT molecular complexity index is 1610. The van der Waals surface area contributed by atoms with Gasteiger partial charge < -0.3 is 9.67 Å². The van der Waals surface area contributed by atoms with Gasteiger partial charge in [-0.2, -0.15) is 0 Å². The molecule has 0 saturated carbocycles. The van der Waals surface area contributed by atoms with E-state index >= 15 is 0 Å². The van der Waals surface area contributed by atoms with Crippen LogP contribution in [0.3, 0.4) is 0 Å². The second-order valence-electron chi connectivity index (χ2n) is 8.59. The number of benzene rings is 4. The highest BCUT2D eigenvalue weighted by atomic mass is 32.2. The lowest BCUT2D eigenvalue weighted by Crippen LogP contribution is -2.18. The van der Waals surface area contributed by atoms with Gasteiger partial charge >= 0.3 is 5.97 Å². The van der Waals surface area contributed by atoms with Crippen molar-refractivity contribution in [1.82, 2.24) is 4.57 Å². The van der Waals surface area contributed by atoms with Crippen molar-refractivity contribution in [2.75, 3.05) is 11.0 Å². The maximum absolute atomic E-state index is 12.9. The predicted octanol–water partition coefficient (Wildman–Crippen LogP) is 6.02. The topological polar surface area (TPSA) is 88.4 Å². The first-order valence-corrected chi connectivity index (χ1v) is 13.3. The van der Waals surface area contributed by atoms with Crippen LogP contribution in [-0.2, 0) is 10.0 Å². The summed E-state index contributed by atoms with van der Waals surface area (Å²) >= 11 is 0. The fraction of sp³-hybridized carbons (Fsp3) is 0.0690. The molecular formula is C29H24N2O4S. The highest BCUT2D eigenvalue weighted by Gasteiger charge is 2.29. The molecule has 0 aliphatic heterocycles. The number of hydrogen-bond acceptors (Lipinski definition) is 3. The summed E-state index contributed by atoms with van der Waals surface area (Å²) in [5.74, 6) is -1.07. The van der Waals surface area contributed by atoms with E-state index < -0.39 is 22.0 Å². The van der Waals surface area contributed by atoms with Crippen molar-refractivity contribution in [2.24, 2.45) is 0 Å². The van der Waals surface area contributed by atoms with Crippen LogP contribution in [0.15, 0.2) is 109 Å². The third-order valence-corrected chi connectivity index (χ3v) is 6.67.